The number of nitrogens with one attached hydrogen (secondary N) is 1. The second-order valence-corrected chi connectivity index (χ2v) is 5.90. The third kappa shape index (κ3) is 5.31. The van der Waals surface area contributed by atoms with E-state index in [1.165, 1.54) is 11.3 Å². The van der Waals surface area contributed by atoms with Gasteiger partial charge in [-0.25, -0.2) is 0 Å². The maximum atomic E-state index is 11.6. The van der Waals surface area contributed by atoms with E-state index in [1.54, 1.807) is 14.1 Å². The number of carbonyl (C=O) groups is 1. The number of rotatable bonds is 7. The Morgan fingerprint density at radius 1 is 1.41 bits per heavy atom. The van der Waals surface area contributed by atoms with Crippen molar-refractivity contribution in [1.29, 1.82) is 0 Å². The van der Waals surface area contributed by atoms with E-state index >= 15 is 0 Å². The molecule has 1 unspecified atom stereocenters. The van der Waals surface area contributed by atoms with Gasteiger partial charge in [-0.1, -0.05) is 18.2 Å². The lowest BCUT2D eigenvalue weighted by molar-refractivity contribution is -0.130. The predicted molar refractivity (Wildman–Crippen MR) is 85.9 cm³/mol. The number of benzene rings is 1. The molecular formula is C17H26N2O3. The minimum absolute atomic E-state index is 0.0397. The number of likely N-dealkylation sites (N-methyl/N-ethyl adjacent to an activating group) is 1. The Labute approximate surface area is 132 Å². The van der Waals surface area contributed by atoms with Gasteiger partial charge in [0.05, 0.1) is 6.61 Å². The molecule has 22 heavy (non-hydrogen) atoms. The summed E-state index contributed by atoms with van der Waals surface area (Å²) in [6.45, 7) is 3.50. The van der Waals surface area contributed by atoms with Gasteiger partial charge >= 0.3 is 0 Å². The molecule has 1 N–H and O–H groups in total. The molecule has 1 aliphatic heterocycles. The van der Waals surface area contributed by atoms with Crippen LogP contribution in [0.25, 0.3) is 0 Å². The maximum absolute atomic E-state index is 11.6. The maximum Gasteiger partial charge on any atom is 0.259 e. The van der Waals surface area contributed by atoms with Crippen molar-refractivity contribution in [3.8, 4) is 5.75 Å². The average Bonchev–Trinajstić information content (AvgIpc) is 2.54. The monoisotopic (exact) mass is 306 g/mol. The van der Waals surface area contributed by atoms with Crippen LogP contribution < -0.4 is 10.1 Å². The zero-order valence-electron chi connectivity index (χ0n) is 13.5. The van der Waals surface area contributed by atoms with Crippen molar-refractivity contribution < 1.29 is 14.3 Å². The van der Waals surface area contributed by atoms with E-state index in [9.17, 15) is 4.79 Å². The van der Waals surface area contributed by atoms with Gasteiger partial charge in [0.1, 0.15) is 5.75 Å². The van der Waals surface area contributed by atoms with Gasteiger partial charge in [-0.3, -0.25) is 4.79 Å². The second-order valence-electron chi connectivity index (χ2n) is 5.90. The average molecular weight is 306 g/mol. The van der Waals surface area contributed by atoms with E-state index in [1.807, 2.05) is 24.3 Å². The largest absolute Gasteiger partial charge is 0.483 e. The number of amides is 1. The van der Waals surface area contributed by atoms with Crippen LogP contribution in [0.2, 0.25) is 0 Å². The fourth-order valence-corrected chi connectivity index (χ4v) is 2.44. The summed E-state index contributed by atoms with van der Waals surface area (Å²) in [5.74, 6) is 1.32. The number of hydrogen-bond donors (Lipinski definition) is 1. The molecule has 1 amide bonds. The van der Waals surface area contributed by atoms with Crippen molar-refractivity contribution in [2.45, 2.75) is 19.4 Å². The molecule has 1 aromatic rings. The number of hydrogen-bond acceptors (Lipinski definition) is 4. The van der Waals surface area contributed by atoms with Crippen molar-refractivity contribution in [2.24, 2.45) is 5.92 Å². The first-order chi connectivity index (χ1) is 10.7. The first-order valence-electron chi connectivity index (χ1n) is 7.86. The van der Waals surface area contributed by atoms with Crippen molar-refractivity contribution >= 4 is 5.91 Å². The van der Waals surface area contributed by atoms with Gasteiger partial charge in [0.15, 0.2) is 6.61 Å². The summed E-state index contributed by atoms with van der Waals surface area (Å²) in [6, 6.07) is 7.85. The Balaban J connectivity index is 1.81. The van der Waals surface area contributed by atoms with Gasteiger partial charge in [-0.05, 0) is 24.8 Å². The van der Waals surface area contributed by atoms with E-state index in [2.05, 4.69) is 5.32 Å². The minimum Gasteiger partial charge on any atom is -0.483 e. The smallest absolute Gasteiger partial charge is 0.259 e. The molecule has 1 fully saturated rings. The van der Waals surface area contributed by atoms with Crippen LogP contribution in [0.15, 0.2) is 24.3 Å². The standard InChI is InChI=1S/C17H26N2O3/c1-19(2)17(20)13-22-16-8-4-3-7-15(16)11-18-10-14-6-5-9-21-12-14/h3-4,7-8,14,18H,5-6,9-13H2,1-2H3. The molecule has 0 radical (unpaired) electrons. The molecular weight excluding hydrogens is 280 g/mol. The molecule has 1 saturated heterocycles. The van der Waals surface area contributed by atoms with Gasteiger partial charge in [0, 0.05) is 39.4 Å². The summed E-state index contributed by atoms with van der Waals surface area (Å²) in [6.07, 6.45) is 2.38. The zero-order valence-corrected chi connectivity index (χ0v) is 13.5. The van der Waals surface area contributed by atoms with Gasteiger partial charge < -0.3 is 19.7 Å². The molecule has 5 heteroatoms. The lowest BCUT2D eigenvalue weighted by Crippen LogP contribution is -2.29. The van der Waals surface area contributed by atoms with Crippen LogP contribution in [-0.2, 0) is 16.1 Å². The van der Waals surface area contributed by atoms with Gasteiger partial charge in [0.25, 0.3) is 5.91 Å². The SMILES string of the molecule is CN(C)C(=O)COc1ccccc1CNCC1CCCOC1. The first kappa shape index (κ1) is 16.8. The highest BCUT2D eigenvalue weighted by atomic mass is 16.5. The van der Waals surface area contributed by atoms with Crippen LogP contribution in [0.5, 0.6) is 5.75 Å². The van der Waals surface area contributed by atoms with Crippen LogP contribution in [0, 0.1) is 5.92 Å². The van der Waals surface area contributed by atoms with E-state index in [4.69, 9.17) is 9.47 Å². The Bertz CT molecular complexity index is 471. The van der Waals surface area contributed by atoms with Crippen molar-refractivity contribution in [3.63, 3.8) is 0 Å². The summed E-state index contributed by atoms with van der Waals surface area (Å²) in [4.78, 5) is 13.2. The highest BCUT2D eigenvalue weighted by Crippen LogP contribution is 2.18. The Morgan fingerprint density at radius 2 is 2.23 bits per heavy atom. The number of ether oxygens (including phenoxy) is 2. The predicted octanol–water partition coefficient (Wildman–Crippen LogP) is 1.67. The van der Waals surface area contributed by atoms with Crippen molar-refractivity contribution in [3.05, 3.63) is 29.8 Å². The highest BCUT2D eigenvalue weighted by Gasteiger charge is 2.13. The van der Waals surface area contributed by atoms with Crippen LogP contribution in [-0.4, -0.2) is 51.3 Å². The Hall–Kier alpha value is -1.59. The molecule has 122 valence electrons. The molecule has 2 rings (SSSR count). The third-order valence-electron chi connectivity index (χ3n) is 3.83. The van der Waals surface area contributed by atoms with Crippen molar-refractivity contribution in [1.82, 2.24) is 10.2 Å². The molecule has 0 spiro atoms. The van der Waals surface area contributed by atoms with Crippen LogP contribution >= 0.6 is 0 Å². The van der Waals surface area contributed by atoms with E-state index in [-0.39, 0.29) is 12.5 Å². The van der Waals surface area contributed by atoms with E-state index < -0.39 is 0 Å². The molecule has 1 heterocycles. The van der Waals surface area contributed by atoms with Gasteiger partial charge in [-0.2, -0.15) is 0 Å². The number of para-hydroxylation sites is 1. The lowest BCUT2D eigenvalue weighted by Gasteiger charge is -2.22. The normalized spacial score (nSPS) is 18.0. The fourth-order valence-electron chi connectivity index (χ4n) is 2.44. The second kappa shape index (κ2) is 8.76. The molecule has 1 aromatic carbocycles. The zero-order chi connectivity index (χ0) is 15.8. The summed E-state index contributed by atoms with van der Waals surface area (Å²) in [5, 5.41) is 3.47. The molecule has 1 atom stereocenters. The van der Waals surface area contributed by atoms with Crippen LogP contribution in [0.3, 0.4) is 0 Å². The highest BCUT2D eigenvalue weighted by molar-refractivity contribution is 5.77. The van der Waals surface area contributed by atoms with Crippen LogP contribution in [0.4, 0.5) is 0 Å². The molecule has 0 bridgehead atoms. The van der Waals surface area contributed by atoms with Crippen LogP contribution in [0.1, 0.15) is 18.4 Å². The Kier molecular flexibility index (Phi) is 6.68. The number of nitrogens with zero attached hydrogens (tertiary/aromatic N) is 1. The summed E-state index contributed by atoms with van der Waals surface area (Å²) >= 11 is 0. The first-order valence-corrected chi connectivity index (χ1v) is 7.86. The third-order valence-corrected chi connectivity index (χ3v) is 3.83. The molecule has 0 saturated carbocycles. The minimum atomic E-state index is -0.0397. The number of carbonyl (C=O) groups excluding carboxylic acids is 1. The summed E-state index contributed by atoms with van der Waals surface area (Å²) < 4.78 is 11.1. The Morgan fingerprint density at radius 3 is 2.95 bits per heavy atom. The van der Waals surface area contributed by atoms with E-state index in [0.29, 0.717) is 5.92 Å². The molecule has 5 nitrogen and oxygen atoms in total. The summed E-state index contributed by atoms with van der Waals surface area (Å²) in [7, 11) is 3.46. The quantitative estimate of drug-likeness (QED) is 0.832. The molecule has 0 aromatic heterocycles. The van der Waals surface area contributed by atoms with E-state index in [0.717, 1.165) is 44.0 Å². The van der Waals surface area contributed by atoms with Gasteiger partial charge in [-0.15, -0.1) is 0 Å². The lowest BCUT2D eigenvalue weighted by atomic mass is 10.0. The topological polar surface area (TPSA) is 50.8 Å². The summed E-state index contributed by atoms with van der Waals surface area (Å²) in [5.41, 5.74) is 1.07. The fraction of sp³-hybridized carbons (Fsp3) is 0.588. The molecule has 0 aliphatic carbocycles. The van der Waals surface area contributed by atoms with Gasteiger partial charge in [0.2, 0.25) is 0 Å². The molecule has 1 aliphatic rings. The van der Waals surface area contributed by atoms with Crippen molar-refractivity contribution in [2.75, 3.05) is 40.5 Å².